The van der Waals surface area contributed by atoms with Gasteiger partial charge in [0.2, 0.25) is 11.8 Å². The van der Waals surface area contributed by atoms with Crippen LogP contribution in [0.3, 0.4) is 0 Å². The Morgan fingerprint density at radius 1 is 1.23 bits per heavy atom. The lowest BCUT2D eigenvalue weighted by atomic mass is 9.70. The minimum Gasteiger partial charge on any atom is -0.465 e. The van der Waals surface area contributed by atoms with Crippen LogP contribution in [0, 0.1) is 11.8 Å². The number of hydrogen-bond acceptors (Lipinski definition) is 6. The second kappa shape index (κ2) is 13.6. The van der Waals surface area contributed by atoms with Gasteiger partial charge in [0, 0.05) is 13.1 Å². The molecular formula is C32H44N2O6. The SMILES string of the molecule is C=CCCCCOC(=O)[C@@H]1[C@@H]2CCC3(O2)C(C(=O)N(CC=C)CCCC)N([C@@H](CO)Cc2ccccc2)C(=O)[C@H]13. The molecule has 4 rings (SSSR count). The summed E-state index contributed by atoms with van der Waals surface area (Å²) in [7, 11) is 0. The van der Waals surface area contributed by atoms with Crippen LogP contribution in [0.15, 0.2) is 55.6 Å². The van der Waals surface area contributed by atoms with Crippen molar-refractivity contribution in [1.29, 1.82) is 0 Å². The molecule has 2 unspecified atom stereocenters. The number of rotatable bonds is 16. The summed E-state index contributed by atoms with van der Waals surface area (Å²) >= 11 is 0. The van der Waals surface area contributed by atoms with Gasteiger partial charge in [-0.05, 0) is 50.5 Å². The maximum absolute atomic E-state index is 14.3. The van der Waals surface area contributed by atoms with Gasteiger partial charge in [0.1, 0.15) is 11.6 Å². The van der Waals surface area contributed by atoms with E-state index < -0.39 is 41.6 Å². The summed E-state index contributed by atoms with van der Waals surface area (Å²) in [5.41, 5.74) is -0.175. The fourth-order valence-corrected chi connectivity index (χ4v) is 6.80. The number of fused-ring (bicyclic) bond motifs is 1. The minimum absolute atomic E-state index is 0.213. The molecule has 3 saturated heterocycles. The normalized spacial score (nSPS) is 27.4. The van der Waals surface area contributed by atoms with Gasteiger partial charge >= 0.3 is 5.97 Å². The van der Waals surface area contributed by atoms with Gasteiger partial charge in [-0.15, -0.1) is 13.2 Å². The van der Waals surface area contributed by atoms with E-state index in [1.54, 1.807) is 15.9 Å². The summed E-state index contributed by atoms with van der Waals surface area (Å²) in [4.78, 5) is 45.3. The molecule has 1 spiro atoms. The first-order chi connectivity index (χ1) is 19.4. The number of aliphatic hydroxyl groups is 1. The third kappa shape index (κ3) is 5.75. The van der Waals surface area contributed by atoms with E-state index >= 15 is 0 Å². The zero-order valence-corrected chi connectivity index (χ0v) is 23.7. The van der Waals surface area contributed by atoms with Crippen molar-refractivity contribution in [2.24, 2.45) is 11.8 Å². The summed E-state index contributed by atoms with van der Waals surface area (Å²) < 4.78 is 12.2. The van der Waals surface area contributed by atoms with E-state index in [1.807, 2.05) is 36.4 Å². The second-order valence-corrected chi connectivity index (χ2v) is 11.2. The number of amides is 2. The van der Waals surface area contributed by atoms with Crippen molar-refractivity contribution >= 4 is 17.8 Å². The van der Waals surface area contributed by atoms with E-state index in [4.69, 9.17) is 9.47 Å². The Morgan fingerprint density at radius 2 is 2.00 bits per heavy atom. The third-order valence-corrected chi connectivity index (χ3v) is 8.65. The molecule has 0 aromatic heterocycles. The van der Waals surface area contributed by atoms with E-state index in [2.05, 4.69) is 20.1 Å². The van der Waals surface area contributed by atoms with Gasteiger partial charge < -0.3 is 24.4 Å². The Morgan fingerprint density at radius 3 is 2.67 bits per heavy atom. The zero-order chi connectivity index (χ0) is 28.7. The van der Waals surface area contributed by atoms with Gasteiger partial charge in [0.25, 0.3) is 0 Å². The number of likely N-dealkylation sites (tertiary alicyclic amines) is 1. The number of allylic oxidation sites excluding steroid dienone is 1. The van der Waals surface area contributed by atoms with E-state index in [0.29, 0.717) is 38.8 Å². The summed E-state index contributed by atoms with van der Waals surface area (Å²) in [6.07, 6.45) is 8.68. The lowest BCUT2D eigenvalue weighted by Gasteiger charge is -2.39. The van der Waals surface area contributed by atoms with E-state index in [9.17, 15) is 19.5 Å². The first kappa shape index (κ1) is 30.0. The summed E-state index contributed by atoms with van der Waals surface area (Å²) in [5.74, 6) is -2.54. The fourth-order valence-electron chi connectivity index (χ4n) is 6.80. The Balaban J connectivity index is 1.68. The maximum Gasteiger partial charge on any atom is 0.312 e. The molecule has 8 nitrogen and oxygen atoms in total. The third-order valence-electron chi connectivity index (χ3n) is 8.65. The van der Waals surface area contributed by atoms with Gasteiger partial charge in [-0.25, -0.2) is 0 Å². The number of nitrogens with zero attached hydrogens (tertiary/aromatic N) is 2. The number of ether oxygens (including phenoxy) is 2. The van der Waals surface area contributed by atoms with Crippen LogP contribution < -0.4 is 0 Å². The summed E-state index contributed by atoms with van der Waals surface area (Å²) in [6.45, 7) is 10.5. The molecule has 1 aromatic carbocycles. The quantitative estimate of drug-likeness (QED) is 0.191. The highest BCUT2D eigenvalue weighted by atomic mass is 16.6. The second-order valence-electron chi connectivity index (χ2n) is 11.2. The predicted molar refractivity (Wildman–Crippen MR) is 152 cm³/mol. The van der Waals surface area contributed by atoms with Gasteiger partial charge in [0.15, 0.2) is 0 Å². The number of hydrogen-bond donors (Lipinski definition) is 1. The molecule has 3 fully saturated rings. The Labute approximate surface area is 238 Å². The maximum atomic E-state index is 14.3. The van der Waals surface area contributed by atoms with Crippen LogP contribution in [0.1, 0.15) is 57.4 Å². The highest BCUT2D eigenvalue weighted by Gasteiger charge is 2.75. The molecule has 3 aliphatic heterocycles. The van der Waals surface area contributed by atoms with Crippen molar-refractivity contribution in [3.05, 3.63) is 61.2 Å². The van der Waals surface area contributed by atoms with Crippen LogP contribution in [-0.4, -0.2) is 82.8 Å². The van der Waals surface area contributed by atoms with Gasteiger partial charge in [0.05, 0.1) is 37.2 Å². The molecule has 1 aromatic rings. The molecule has 8 heteroatoms. The molecule has 0 radical (unpaired) electrons. The standard InChI is InChI=1S/C32H44N2O6/c1-4-7-9-13-20-39-31(38)26-25-16-17-32(40-25)27(26)29(36)34(24(22-35)21-23-14-11-10-12-15-23)28(32)30(37)33(18-6-3)19-8-5-2/h4,6,10-12,14-15,24-28,35H,1,3,5,7-9,13,16-22H2,2H3/t24-,25+,26-,27+,28?,32?/m1/s1. The van der Waals surface area contributed by atoms with Crippen molar-refractivity contribution in [3.63, 3.8) is 0 Å². The Hall–Kier alpha value is -2.97. The predicted octanol–water partition coefficient (Wildman–Crippen LogP) is 3.68. The molecule has 2 bridgehead atoms. The van der Waals surface area contributed by atoms with E-state index in [-0.39, 0.29) is 25.0 Å². The number of carbonyl (C=O) groups excluding carboxylic acids is 3. The first-order valence-electron chi connectivity index (χ1n) is 14.7. The van der Waals surface area contributed by atoms with E-state index in [1.165, 1.54) is 0 Å². The Bertz CT molecular complexity index is 1060. The lowest BCUT2D eigenvalue weighted by Crippen LogP contribution is -2.59. The first-order valence-corrected chi connectivity index (χ1v) is 14.7. The van der Waals surface area contributed by atoms with Crippen LogP contribution >= 0.6 is 0 Å². The van der Waals surface area contributed by atoms with Gasteiger partial charge in [-0.1, -0.05) is 55.8 Å². The number of esters is 1. The molecule has 0 saturated carbocycles. The zero-order valence-electron chi connectivity index (χ0n) is 23.7. The molecule has 0 aliphatic carbocycles. The van der Waals surface area contributed by atoms with Crippen molar-refractivity contribution in [2.45, 2.75) is 82.1 Å². The van der Waals surface area contributed by atoms with Crippen LogP contribution in [0.4, 0.5) is 0 Å². The van der Waals surface area contributed by atoms with Crippen molar-refractivity contribution < 1.29 is 29.0 Å². The highest BCUT2D eigenvalue weighted by Crippen LogP contribution is 2.59. The van der Waals surface area contributed by atoms with E-state index in [0.717, 1.165) is 31.2 Å². The average Bonchev–Trinajstić information content (AvgIpc) is 3.61. The van der Waals surface area contributed by atoms with Crippen LogP contribution in [0.5, 0.6) is 0 Å². The lowest BCUT2D eigenvalue weighted by molar-refractivity contribution is -0.156. The summed E-state index contributed by atoms with van der Waals surface area (Å²) in [5, 5.41) is 10.6. The molecule has 6 atom stereocenters. The number of benzene rings is 1. The largest absolute Gasteiger partial charge is 0.465 e. The number of carbonyl (C=O) groups is 3. The van der Waals surface area contributed by atoms with Gasteiger partial charge in [-0.2, -0.15) is 0 Å². The van der Waals surface area contributed by atoms with Crippen LogP contribution in [0.25, 0.3) is 0 Å². The molecule has 3 aliphatic rings. The smallest absolute Gasteiger partial charge is 0.312 e. The molecule has 40 heavy (non-hydrogen) atoms. The van der Waals surface area contributed by atoms with Crippen molar-refractivity contribution in [1.82, 2.24) is 9.80 Å². The van der Waals surface area contributed by atoms with Crippen LogP contribution in [-0.2, 0) is 30.3 Å². The highest BCUT2D eigenvalue weighted by molar-refractivity contribution is 5.98. The minimum atomic E-state index is -1.12. The summed E-state index contributed by atoms with van der Waals surface area (Å²) in [6, 6.07) is 8.05. The average molecular weight is 553 g/mol. The molecular weight excluding hydrogens is 508 g/mol. The van der Waals surface area contributed by atoms with Gasteiger partial charge in [-0.3, -0.25) is 14.4 Å². The van der Waals surface area contributed by atoms with Crippen molar-refractivity contribution in [3.8, 4) is 0 Å². The van der Waals surface area contributed by atoms with Crippen LogP contribution in [0.2, 0.25) is 0 Å². The monoisotopic (exact) mass is 552 g/mol. The number of aliphatic hydroxyl groups excluding tert-OH is 1. The number of unbranched alkanes of at least 4 members (excludes halogenated alkanes) is 3. The fraction of sp³-hybridized carbons (Fsp3) is 0.594. The molecule has 218 valence electrons. The molecule has 1 N–H and O–H groups in total. The molecule has 3 heterocycles. The van der Waals surface area contributed by atoms with Crippen molar-refractivity contribution in [2.75, 3.05) is 26.3 Å². The molecule has 2 amide bonds. The Kier molecular flexibility index (Phi) is 10.2. The topological polar surface area (TPSA) is 96.4 Å².